The van der Waals surface area contributed by atoms with Gasteiger partial charge in [0.05, 0.1) is 38.4 Å². The Morgan fingerprint density at radius 3 is 1.53 bits per heavy atom. The van der Waals surface area contributed by atoms with E-state index in [1.165, 1.54) is 21.8 Å². The molecule has 5 amide bonds. The number of amides is 5. The molecule has 0 radical (unpaired) electrons. The summed E-state index contributed by atoms with van der Waals surface area (Å²) in [6, 6.07) is 13.3. The zero-order chi connectivity index (χ0) is 102. The zero-order valence-electron chi connectivity index (χ0n) is 74.0. The summed E-state index contributed by atoms with van der Waals surface area (Å²) in [6.45, 7) is 3.48. The molecule has 0 spiro atoms. The van der Waals surface area contributed by atoms with E-state index in [0.717, 1.165) is 59.0 Å². The van der Waals surface area contributed by atoms with Crippen molar-refractivity contribution in [2.24, 2.45) is 27.6 Å². The van der Waals surface area contributed by atoms with Crippen LogP contribution in [-0.4, -0.2) is 284 Å². The summed E-state index contributed by atoms with van der Waals surface area (Å²) in [5, 5.41) is 70.4. The Morgan fingerprint density at radius 1 is 0.633 bits per heavy atom. The summed E-state index contributed by atoms with van der Waals surface area (Å²) < 4.78 is 119. The Hall–Kier alpha value is -12.3. The van der Waals surface area contributed by atoms with Crippen molar-refractivity contribution >= 4 is 132 Å². The van der Waals surface area contributed by atoms with Crippen molar-refractivity contribution < 1.29 is 167 Å². The van der Waals surface area contributed by atoms with E-state index in [-0.39, 0.29) is 111 Å². The average Bonchev–Trinajstić information content (AvgIpc) is 1.62. The summed E-state index contributed by atoms with van der Waals surface area (Å²) in [7, 11) is -20.1. The van der Waals surface area contributed by atoms with Crippen LogP contribution < -0.4 is 38.9 Å². The van der Waals surface area contributed by atoms with E-state index in [1.807, 2.05) is 0 Å². The van der Waals surface area contributed by atoms with Crippen LogP contribution in [0.25, 0.3) is 43.2 Å². The van der Waals surface area contributed by atoms with E-state index in [2.05, 4.69) is 75.0 Å². The fourth-order valence-electron chi connectivity index (χ4n) is 13.1. The number of esters is 2. The van der Waals surface area contributed by atoms with Gasteiger partial charge in [0.2, 0.25) is 12.8 Å². The fourth-order valence-corrected chi connectivity index (χ4v) is 15.7. The summed E-state index contributed by atoms with van der Waals surface area (Å²) in [5.41, 5.74) is 41.1. The molecule has 0 aliphatic carbocycles. The lowest BCUT2D eigenvalue weighted by Crippen LogP contribution is -2.47. The second-order valence-electron chi connectivity index (χ2n) is 31.0. The quantitative estimate of drug-likeness (QED) is 0.00249. The largest absolute Gasteiger partial charge is 0.567 e. The molecule has 139 heavy (non-hydrogen) atoms. The van der Waals surface area contributed by atoms with Crippen LogP contribution in [0.4, 0.5) is 37.4 Å². The predicted molar refractivity (Wildman–Crippen MR) is 472 cm³/mol. The number of ether oxygens (including phenoxy) is 9. The van der Waals surface area contributed by atoms with E-state index in [9.17, 15) is 87.0 Å². The van der Waals surface area contributed by atoms with Gasteiger partial charge in [-0.25, -0.2) is 62.8 Å². The van der Waals surface area contributed by atoms with E-state index >= 15 is 0 Å². The lowest BCUT2D eigenvalue weighted by Gasteiger charge is -2.26. The molecule has 4 fully saturated rings. The topological polar surface area (TPSA) is 914 Å². The molecule has 10 rings (SSSR count). The molecule has 65 heteroatoms. The smallest absolute Gasteiger partial charge is 0.455 e. The molecular formula is C74H103N26O35P4+. The highest BCUT2D eigenvalue weighted by molar-refractivity contribution is 7.53. The van der Waals surface area contributed by atoms with Gasteiger partial charge < -0.3 is 116 Å². The summed E-state index contributed by atoms with van der Waals surface area (Å²) in [4.78, 5) is 185. The van der Waals surface area contributed by atoms with E-state index in [0.29, 0.717) is 42.7 Å². The number of alkyl carbamates (subject to hydrolysis) is 3. The van der Waals surface area contributed by atoms with Crippen LogP contribution in [0, 0.1) is 28.1 Å². The number of anilines is 2. The second-order valence-corrected chi connectivity index (χ2v) is 36.4. The number of nitrogens with one attached hydrogen (secondary N) is 5. The standard InChI is InChI=1S/C38H53N13O18P2.C19H28N8O13P2.C17H21N5O4/c1-38(2,3)68-37(56)47-23(6-4-5-12-43-36(55)62-15-21-7-9-22(10-8-21)48-49-42)35(54)67-31-26(66-34(30(31)53)51-19-46-29-32(41)44-18-45-33(29)51)17-64-71(60,61)69-24-14-28(50(20-52)13-11-27(39)40)65-25(24)16-63-70(57,58)59;20-12(21)1-2-26(8-28)13-3-9(10(38-13)4-36-41(31,32)33)40-42(34,35)37-5-11-15(29)16(30)19(39-11)27-7-25-14-17(22)23-6-24-18(14)27;1-13(16(23)25-11-9-18)4-2-3-10-20-17(24)26-12-14-5-7-15(8-6-14)21-22-19/h7-11,13,18-20,23-26,28,30-31,34,53,57-59H,4-6,12,14-17H2,1-3H3,(H7-,39,40,41,43,44,45,47,55,56,60,61);1-2,6-11,13,15-16,19,29-30H,3-5H2,(H3,20,21)(H,34,35)(H2,22,23,24)(H2,31,32,33);5-8,13H,2-4,10-12H2,1H3,(H,20,24)/p+1/b13-11-;2-1-;/t23-,24-,25+,26+,28+,30+,31+,34+;9-,10+,11+,13+,15+,16+,19+;13-/m000/s1. The number of aliphatic hydroxyl groups is 3. The van der Waals surface area contributed by atoms with Gasteiger partial charge in [-0.05, 0) is 87.2 Å². The third-order valence-electron chi connectivity index (χ3n) is 19.6. The molecule has 4 aromatic heterocycles. The molecule has 0 bridgehead atoms. The molecule has 4 aliphatic heterocycles. The highest BCUT2D eigenvalue weighted by atomic mass is 31.2. The number of fused-ring (bicyclic) bond motifs is 2. The Kier molecular flexibility index (Phi) is 42.4. The third kappa shape index (κ3) is 36.1. The first-order valence-corrected chi connectivity index (χ1v) is 47.4. The van der Waals surface area contributed by atoms with Crippen molar-refractivity contribution in [3.8, 4) is 6.07 Å². The van der Waals surface area contributed by atoms with Crippen molar-refractivity contribution in [2.45, 2.75) is 190 Å². The highest BCUT2D eigenvalue weighted by Gasteiger charge is 2.53. The Bertz CT molecular complexity index is 5550. The molecule has 23 N–H and O–H groups in total. The number of aliphatic hydroxyl groups excluding tert-OH is 3. The molecule has 2 aromatic carbocycles. The lowest BCUT2D eigenvalue weighted by molar-refractivity contribution is -0.159. The minimum Gasteiger partial charge on any atom is -0.455 e. The maximum atomic E-state index is 14.1. The molecule has 4 aliphatic rings. The third-order valence-corrected chi connectivity index (χ3v) is 22.6. The number of phosphoric acid groups is 3. The van der Waals surface area contributed by atoms with Crippen LogP contribution >= 0.6 is 31.6 Å². The number of unbranched alkanes of at least 4 members (excludes halogenated alkanes) is 2. The minimum atomic E-state index is -5.29. The Morgan fingerprint density at radius 2 is 1.09 bits per heavy atom. The maximum absolute atomic E-state index is 14.1. The SMILES string of the molecule is CC(C)(C)OC(=O)N[C@@H](CCCCNC(=O)OCc1ccc(N=[N+]=[N-])cc1)C(=O)O[C@H]1[C@@H](O)[C@H](n2cnc3c(N)ncnc32)O[C@@H]1COP(=O)(O)O[C@H]1C[C@H](N(C=O)/C=C\C(=N)N)O[C@@H]1CO[P+](O)(O)O.C[C@@H](CCCCNC(=O)OCc1ccc(N=[N+]=[N-])cc1)C(=O)OCC#N.N=C(N)/C=C\N(C=O)[C@H]1C[C@H](OP(=O)(O)OC[C@H]2O[C@@H](n3cnc4c(N)ncnc43)[C@H](O)[C@@H]2O)[C@@H](COP(=O)(O)O)O1. The number of nitrogen functional groups attached to an aromatic ring is 2. The van der Waals surface area contributed by atoms with Gasteiger partial charge in [0, 0.05) is 59.5 Å². The molecule has 61 nitrogen and oxygen atoms in total. The van der Waals surface area contributed by atoms with E-state index in [1.54, 1.807) is 82.3 Å². The average molecular weight is 2040 g/mol. The van der Waals surface area contributed by atoms with Gasteiger partial charge in [-0.15, -0.1) is 0 Å². The molecular weight excluding hydrogens is 1940 g/mol. The minimum absolute atomic E-state index is 0.0293. The highest BCUT2D eigenvalue weighted by Crippen LogP contribution is 2.52. The van der Waals surface area contributed by atoms with Gasteiger partial charge >= 0.3 is 61.9 Å². The number of rotatable bonds is 47. The van der Waals surface area contributed by atoms with Crippen molar-refractivity contribution in [1.29, 1.82) is 16.1 Å². The van der Waals surface area contributed by atoms with Crippen LogP contribution in [0.5, 0.6) is 0 Å². The van der Waals surface area contributed by atoms with E-state index < -0.39 is 192 Å². The normalized spacial score (nSPS) is 22.5. The van der Waals surface area contributed by atoms with Crippen molar-refractivity contribution in [1.82, 2.24) is 64.8 Å². The molecule has 2 unspecified atom stereocenters. The van der Waals surface area contributed by atoms with Crippen molar-refractivity contribution in [2.75, 3.05) is 57.6 Å². The van der Waals surface area contributed by atoms with Crippen LogP contribution in [0.2, 0.25) is 0 Å². The number of imidazole rings is 2. The van der Waals surface area contributed by atoms with Crippen LogP contribution in [0.1, 0.15) is 103 Å². The number of azide groups is 2. The first-order chi connectivity index (χ1) is 65.7. The molecule has 0 saturated carbocycles. The maximum Gasteiger partial charge on any atom is 0.567 e. The summed E-state index contributed by atoms with van der Waals surface area (Å²) in [5.74, 6) is -2.58. The summed E-state index contributed by atoms with van der Waals surface area (Å²) >= 11 is 0. The van der Waals surface area contributed by atoms with Crippen LogP contribution in [-0.2, 0) is 116 Å². The molecule has 8 heterocycles. The van der Waals surface area contributed by atoms with Crippen molar-refractivity contribution in [3.63, 3.8) is 0 Å². The number of nitrogens with two attached hydrogens (primary N) is 4. The summed E-state index contributed by atoms with van der Waals surface area (Å²) in [6.07, 6.45) is -11.5. The van der Waals surface area contributed by atoms with E-state index in [4.69, 9.17) is 121 Å². The first kappa shape index (κ1) is 112. The van der Waals surface area contributed by atoms with Crippen LogP contribution in [0.15, 0.2) is 109 Å². The molecule has 4 saturated heterocycles. The van der Waals surface area contributed by atoms with Gasteiger partial charge in [-0.3, -0.25) is 66.8 Å². The van der Waals surface area contributed by atoms with Crippen molar-refractivity contribution in [3.05, 3.63) is 130 Å². The number of carbonyl (C=O) groups excluding carboxylic acids is 7. The number of aromatic nitrogens is 8. The Balaban J connectivity index is 0.000000292. The fraction of sp³-hybridized carbons (Fsp3) is 0.514. The Labute approximate surface area is 787 Å². The number of nitrogens with zero attached hydrogens (tertiary/aromatic N) is 17. The second kappa shape index (κ2) is 52.6. The number of nitriles is 1. The van der Waals surface area contributed by atoms with Gasteiger partial charge in [0.1, 0.15) is 140 Å². The van der Waals surface area contributed by atoms with Gasteiger partial charge in [0.25, 0.3) is 0 Å². The van der Waals surface area contributed by atoms with Crippen LogP contribution in [0.3, 0.4) is 0 Å². The number of amidine groups is 2. The van der Waals surface area contributed by atoms with Gasteiger partial charge in [-0.1, -0.05) is 72.1 Å². The zero-order valence-corrected chi connectivity index (χ0v) is 77.6. The number of benzene rings is 2. The predicted octanol–water partition coefficient (Wildman–Crippen LogP) is 3.10. The van der Waals surface area contributed by atoms with Gasteiger partial charge in [0.15, 0.2) is 48.1 Å². The number of hydrogen-bond acceptors (Lipinski definition) is 44. The molecule has 6 aromatic rings. The molecule has 18 atom stereocenters. The molecule has 758 valence electrons. The first-order valence-electron chi connectivity index (χ1n) is 41.3. The number of hydrogen-bond donors (Lipinski definition) is 19. The monoisotopic (exact) mass is 2040 g/mol. The number of phosphoric ester groups is 3. The number of carbonyl (C=O) groups is 7. The van der Waals surface area contributed by atoms with Gasteiger partial charge in [-0.2, -0.15) is 24.5 Å². The lowest BCUT2D eigenvalue weighted by atomic mass is 10.0.